The van der Waals surface area contributed by atoms with E-state index in [4.69, 9.17) is 0 Å². The highest BCUT2D eigenvalue weighted by atomic mass is 14.3. The Balaban J connectivity index is 2.19. The van der Waals surface area contributed by atoms with Crippen molar-refractivity contribution >= 4 is 5.57 Å². The first kappa shape index (κ1) is 8.05. The van der Waals surface area contributed by atoms with Crippen LogP contribution in [0.5, 0.6) is 0 Å². The smallest absolute Gasteiger partial charge is 0.00168 e. The molecule has 0 N–H and O–H groups in total. The van der Waals surface area contributed by atoms with Gasteiger partial charge < -0.3 is 0 Å². The second-order valence-electron chi connectivity index (χ2n) is 4.31. The summed E-state index contributed by atoms with van der Waals surface area (Å²) in [4.78, 5) is 0. The fraction of sp³-hybridized carbons (Fsp3) is 0.286. The Morgan fingerprint density at radius 2 is 2.07 bits per heavy atom. The van der Waals surface area contributed by atoms with Gasteiger partial charge in [0.2, 0.25) is 0 Å². The van der Waals surface area contributed by atoms with Crippen molar-refractivity contribution in [2.24, 2.45) is 5.92 Å². The molecule has 70 valence electrons. The lowest BCUT2D eigenvalue weighted by Gasteiger charge is -2.17. The molecule has 0 radical (unpaired) electrons. The highest BCUT2D eigenvalue weighted by molar-refractivity contribution is 5.80. The molecule has 0 aliphatic heterocycles. The summed E-state index contributed by atoms with van der Waals surface area (Å²) in [5.41, 5.74) is 6.16. The van der Waals surface area contributed by atoms with E-state index in [1.54, 1.807) is 11.1 Å². The highest BCUT2D eigenvalue weighted by Gasteiger charge is 2.24. The Kier molecular flexibility index (Phi) is 1.63. The van der Waals surface area contributed by atoms with E-state index >= 15 is 0 Å². The zero-order valence-corrected chi connectivity index (χ0v) is 8.46. The van der Waals surface area contributed by atoms with Crippen LogP contribution in [0.2, 0.25) is 0 Å². The molecule has 0 nitrogen and oxygen atoms in total. The van der Waals surface area contributed by atoms with Crippen LogP contribution in [0.25, 0.3) is 5.57 Å². The average Bonchev–Trinajstić information content (AvgIpc) is 2.57. The summed E-state index contributed by atoms with van der Waals surface area (Å²) < 4.78 is 0. The van der Waals surface area contributed by atoms with Gasteiger partial charge in [-0.1, -0.05) is 43.3 Å². The molecule has 0 amide bonds. The van der Waals surface area contributed by atoms with E-state index in [-0.39, 0.29) is 0 Å². The number of hydrogen-bond donors (Lipinski definition) is 0. The number of benzene rings is 1. The van der Waals surface area contributed by atoms with Crippen LogP contribution in [-0.2, 0) is 6.42 Å². The molecule has 2 aliphatic carbocycles. The molecule has 0 spiro atoms. The predicted octanol–water partition coefficient (Wildman–Crippen LogP) is 3.59. The SMILES string of the molecule is CC1CC=CC2=C1c1ccccc1C2. The van der Waals surface area contributed by atoms with Gasteiger partial charge in [-0.2, -0.15) is 0 Å². The molecule has 0 heteroatoms. The zero-order valence-electron chi connectivity index (χ0n) is 8.46. The summed E-state index contributed by atoms with van der Waals surface area (Å²) in [6.07, 6.45) is 6.98. The van der Waals surface area contributed by atoms with Crippen molar-refractivity contribution < 1.29 is 0 Å². The second kappa shape index (κ2) is 2.84. The van der Waals surface area contributed by atoms with Gasteiger partial charge in [-0.05, 0) is 41.0 Å². The first-order chi connectivity index (χ1) is 6.86. The van der Waals surface area contributed by atoms with Gasteiger partial charge in [0.25, 0.3) is 0 Å². The van der Waals surface area contributed by atoms with Crippen molar-refractivity contribution in [3.8, 4) is 0 Å². The lowest BCUT2D eigenvalue weighted by Crippen LogP contribution is -2.00. The van der Waals surface area contributed by atoms with E-state index in [1.165, 1.54) is 17.5 Å². The van der Waals surface area contributed by atoms with Crippen molar-refractivity contribution in [3.05, 3.63) is 53.1 Å². The highest BCUT2D eigenvalue weighted by Crippen LogP contribution is 2.41. The molecule has 3 rings (SSSR count). The molecule has 0 bridgehead atoms. The lowest BCUT2D eigenvalue weighted by atomic mass is 9.87. The summed E-state index contributed by atoms with van der Waals surface area (Å²) >= 11 is 0. The van der Waals surface area contributed by atoms with Gasteiger partial charge in [-0.3, -0.25) is 0 Å². The Morgan fingerprint density at radius 3 is 3.00 bits per heavy atom. The van der Waals surface area contributed by atoms with Gasteiger partial charge in [-0.25, -0.2) is 0 Å². The van der Waals surface area contributed by atoms with Crippen molar-refractivity contribution in [1.82, 2.24) is 0 Å². The van der Waals surface area contributed by atoms with E-state index in [0.717, 1.165) is 6.42 Å². The number of allylic oxidation sites excluding steroid dienone is 4. The summed E-state index contributed by atoms with van der Waals surface area (Å²) in [6.45, 7) is 2.33. The third kappa shape index (κ3) is 1.00. The predicted molar refractivity (Wildman–Crippen MR) is 60.0 cm³/mol. The molecular weight excluding hydrogens is 168 g/mol. The monoisotopic (exact) mass is 182 g/mol. The number of rotatable bonds is 0. The molecule has 14 heavy (non-hydrogen) atoms. The molecule has 0 aromatic heterocycles. The fourth-order valence-electron chi connectivity index (χ4n) is 2.67. The van der Waals surface area contributed by atoms with Gasteiger partial charge in [0.05, 0.1) is 0 Å². The molecule has 0 saturated heterocycles. The van der Waals surface area contributed by atoms with E-state index < -0.39 is 0 Å². The third-order valence-electron chi connectivity index (χ3n) is 3.34. The van der Waals surface area contributed by atoms with E-state index in [2.05, 4.69) is 43.3 Å². The van der Waals surface area contributed by atoms with E-state index in [9.17, 15) is 0 Å². The van der Waals surface area contributed by atoms with Gasteiger partial charge in [0.1, 0.15) is 0 Å². The Hall–Kier alpha value is -1.30. The molecule has 0 saturated carbocycles. The molecule has 1 aromatic carbocycles. The summed E-state index contributed by atoms with van der Waals surface area (Å²) in [5, 5.41) is 0. The van der Waals surface area contributed by atoms with Crippen molar-refractivity contribution in [2.75, 3.05) is 0 Å². The van der Waals surface area contributed by atoms with Crippen molar-refractivity contribution in [2.45, 2.75) is 19.8 Å². The van der Waals surface area contributed by atoms with Crippen LogP contribution in [0.1, 0.15) is 24.5 Å². The Labute approximate surface area is 85.0 Å². The Morgan fingerprint density at radius 1 is 1.21 bits per heavy atom. The topological polar surface area (TPSA) is 0 Å². The minimum Gasteiger partial charge on any atom is -0.0836 e. The minimum atomic E-state index is 0.707. The minimum absolute atomic E-state index is 0.707. The summed E-state index contributed by atoms with van der Waals surface area (Å²) in [6, 6.07) is 8.83. The maximum absolute atomic E-state index is 2.33. The van der Waals surface area contributed by atoms with Crippen LogP contribution in [0.15, 0.2) is 42.0 Å². The molecule has 1 atom stereocenters. The van der Waals surface area contributed by atoms with Gasteiger partial charge in [0.15, 0.2) is 0 Å². The molecule has 0 fully saturated rings. The van der Waals surface area contributed by atoms with Gasteiger partial charge >= 0.3 is 0 Å². The van der Waals surface area contributed by atoms with Crippen LogP contribution >= 0.6 is 0 Å². The largest absolute Gasteiger partial charge is 0.0836 e. The molecule has 1 unspecified atom stereocenters. The standard InChI is InChI=1S/C14H14/c1-10-5-4-7-12-9-11-6-2-3-8-13(11)14(10)12/h2-4,6-8,10H,5,9H2,1H3. The van der Waals surface area contributed by atoms with Crippen LogP contribution < -0.4 is 0 Å². The van der Waals surface area contributed by atoms with Crippen molar-refractivity contribution in [1.29, 1.82) is 0 Å². The molecule has 1 aromatic rings. The quantitative estimate of drug-likeness (QED) is 0.575. The second-order valence-corrected chi connectivity index (χ2v) is 4.31. The summed E-state index contributed by atoms with van der Waals surface area (Å²) in [5.74, 6) is 0.707. The molecular formula is C14H14. The Bertz CT molecular complexity index is 435. The van der Waals surface area contributed by atoms with E-state index in [1.807, 2.05) is 0 Å². The first-order valence-corrected chi connectivity index (χ1v) is 5.34. The van der Waals surface area contributed by atoms with Crippen LogP contribution in [-0.4, -0.2) is 0 Å². The van der Waals surface area contributed by atoms with Crippen molar-refractivity contribution in [3.63, 3.8) is 0 Å². The number of hydrogen-bond acceptors (Lipinski definition) is 0. The van der Waals surface area contributed by atoms with E-state index in [0.29, 0.717) is 5.92 Å². The van der Waals surface area contributed by atoms with Gasteiger partial charge in [0, 0.05) is 0 Å². The third-order valence-corrected chi connectivity index (χ3v) is 3.34. The normalized spacial score (nSPS) is 23.6. The molecule has 2 aliphatic rings. The fourth-order valence-corrected chi connectivity index (χ4v) is 2.67. The molecule has 0 heterocycles. The number of fused-ring (bicyclic) bond motifs is 2. The van der Waals surface area contributed by atoms with Crippen LogP contribution in [0.3, 0.4) is 0 Å². The average molecular weight is 182 g/mol. The maximum Gasteiger partial charge on any atom is -0.00168 e. The zero-order chi connectivity index (χ0) is 9.54. The maximum atomic E-state index is 2.33. The first-order valence-electron chi connectivity index (χ1n) is 5.34. The van der Waals surface area contributed by atoms with Gasteiger partial charge in [-0.15, -0.1) is 0 Å². The van der Waals surface area contributed by atoms with Crippen LogP contribution in [0.4, 0.5) is 0 Å². The lowest BCUT2D eigenvalue weighted by molar-refractivity contribution is 0.755. The van der Waals surface area contributed by atoms with Crippen LogP contribution in [0, 0.1) is 5.92 Å². The summed E-state index contributed by atoms with van der Waals surface area (Å²) in [7, 11) is 0.